The number of nitro groups is 1. The summed E-state index contributed by atoms with van der Waals surface area (Å²) >= 11 is 0. The molecule has 1 heterocycles. The Morgan fingerprint density at radius 3 is 2.80 bits per heavy atom. The number of nitrogens with zero attached hydrogens (tertiary/aromatic N) is 3. The minimum absolute atomic E-state index is 0.0603. The summed E-state index contributed by atoms with van der Waals surface area (Å²) in [4.78, 5) is 14.8. The van der Waals surface area contributed by atoms with Crippen LogP contribution in [0.3, 0.4) is 0 Å². The molecule has 0 amide bonds. The fourth-order valence-electron chi connectivity index (χ4n) is 1.95. The van der Waals surface area contributed by atoms with Crippen LogP contribution in [0.4, 0.5) is 17.1 Å². The number of aromatic nitrogens is 2. The van der Waals surface area contributed by atoms with Crippen molar-refractivity contribution in [2.45, 2.75) is 6.42 Å². The van der Waals surface area contributed by atoms with Crippen LogP contribution in [0.1, 0.15) is 5.82 Å². The van der Waals surface area contributed by atoms with Gasteiger partial charge in [-0.25, -0.2) is 4.98 Å². The van der Waals surface area contributed by atoms with Crippen LogP contribution in [0.25, 0.3) is 0 Å². The number of imidazole rings is 1. The maximum absolute atomic E-state index is 11.1. The number of aryl methyl sites for hydroxylation is 1. The van der Waals surface area contributed by atoms with Crippen LogP contribution in [0.2, 0.25) is 0 Å². The van der Waals surface area contributed by atoms with Crippen molar-refractivity contribution in [3.8, 4) is 0 Å². The molecule has 0 radical (unpaired) electrons. The Morgan fingerprint density at radius 1 is 1.45 bits per heavy atom. The molecule has 0 saturated heterocycles. The van der Waals surface area contributed by atoms with Crippen LogP contribution < -0.4 is 16.6 Å². The van der Waals surface area contributed by atoms with Crippen molar-refractivity contribution < 1.29 is 4.92 Å². The maximum atomic E-state index is 11.1. The van der Waals surface area contributed by atoms with Crippen molar-refractivity contribution in [3.05, 3.63) is 46.5 Å². The fourth-order valence-corrected chi connectivity index (χ4v) is 1.95. The number of hydrogen-bond acceptors (Lipinski definition) is 6. The molecule has 0 atom stereocenters. The monoisotopic (exact) mass is 276 g/mol. The van der Waals surface area contributed by atoms with E-state index in [0.29, 0.717) is 18.7 Å². The Labute approximate surface area is 115 Å². The third-order valence-corrected chi connectivity index (χ3v) is 2.96. The first-order valence-electron chi connectivity index (χ1n) is 6.07. The van der Waals surface area contributed by atoms with Gasteiger partial charge in [-0.15, -0.1) is 0 Å². The van der Waals surface area contributed by atoms with E-state index in [2.05, 4.69) is 15.7 Å². The predicted molar refractivity (Wildman–Crippen MR) is 76.3 cm³/mol. The first-order valence-corrected chi connectivity index (χ1v) is 6.07. The van der Waals surface area contributed by atoms with Crippen molar-refractivity contribution in [2.75, 3.05) is 17.3 Å². The van der Waals surface area contributed by atoms with Crippen molar-refractivity contribution in [1.82, 2.24) is 9.55 Å². The summed E-state index contributed by atoms with van der Waals surface area (Å²) in [5.41, 5.74) is 2.98. The quantitative estimate of drug-likeness (QED) is 0.416. The van der Waals surface area contributed by atoms with Crippen LogP contribution in [0.15, 0.2) is 30.6 Å². The Balaban J connectivity index is 2.09. The van der Waals surface area contributed by atoms with Crippen LogP contribution in [-0.4, -0.2) is 21.0 Å². The zero-order chi connectivity index (χ0) is 14.5. The molecule has 0 saturated carbocycles. The van der Waals surface area contributed by atoms with Gasteiger partial charge in [0.15, 0.2) is 0 Å². The SMILES string of the molecule is Cn1ccnc1CCNc1cccc(NN)c1[N+](=O)[O-]. The second-order valence-corrected chi connectivity index (χ2v) is 4.23. The third kappa shape index (κ3) is 2.86. The molecule has 0 unspecified atom stereocenters. The van der Waals surface area contributed by atoms with E-state index in [1.54, 1.807) is 24.4 Å². The van der Waals surface area contributed by atoms with Crippen molar-refractivity contribution in [1.29, 1.82) is 0 Å². The van der Waals surface area contributed by atoms with Gasteiger partial charge in [0.2, 0.25) is 0 Å². The van der Waals surface area contributed by atoms with Gasteiger partial charge in [0.05, 0.1) is 4.92 Å². The Morgan fingerprint density at radius 2 is 2.20 bits per heavy atom. The molecule has 0 fully saturated rings. The van der Waals surface area contributed by atoms with Gasteiger partial charge in [-0.2, -0.15) is 0 Å². The van der Waals surface area contributed by atoms with Crippen molar-refractivity contribution >= 4 is 17.1 Å². The molecule has 4 N–H and O–H groups in total. The molecule has 0 aliphatic rings. The number of benzene rings is 1. The highest BCUT2D eigenvalue weighted by Crippen LogP contribution is 2.31. The second kappa shape index (κ2) is 6.02. The Bertz CT molecular complexity index is 610. The van der Waals surface area contributed by atoms with Gasteiger partial charge in [0.25, 0.3) is 0 Å². The van der Waals surface area contributed by atoms with E-state index in [4.69, 9.17) is 5.84 Å². The zero-order valence-corrected chi connectivity index (χ0v) is 11.0. The van der Waals surface area contributed by atoms with Gasteiger partial charge >= 0.3 is 5.69 Å². The highest BCUT2D eigenvalue weighted by atomic mass is 16.6. The summed E-state index contributed by atoms with van der Waals surface area (Å²) in [6.07, 6.45) is 4.24. The van der Waals surface area contributed by atoms with E-state index in [0.717, 1.165) is 5.82 Å². The van der Waals surface area contributed by atoms with Gasteiger partial charge in [-0.3, -0.25) is 16.0 Å². The van der Waals surface area contributed by atoms with E-state index in [1.807, 2.05) is 17.8 Å². The summed E-state index contributed by atoms with van der Waals surface area (Å²) in [6.45, 7) is 0.541. The van der Waals surface area contributed by atoms with Gasteiger partial charge in [-0.05, 0) is 12.1 Å². The summed E-state index contributed by atoms with van der Waals surface area (Å²) in [6, 6.07) is 4.91. The highest BCUT2D eigenvalue weighted by Gasteiger charge is 2.18. The summed E-state index contributed by atoms with van der Waals surface area (Å²) in [7, 11) is 1.91. The van der Waals surface area contributed by atoms with E-state index < -0.39 is 4.92 Å². The molecule has 2 aromatic rings. The molecular formula is C12H16N6O2. The lowest BCUT2D eigenvalue weighted by molar-refractivity contribution is -0.383. The number of nitro benzene ring substituents is 1. The van der Waals surface area contributed by atoms with E-state index in [9.17, 15) is 10.1 Å². The largest absolute Gasteiger partial charge is 0.379 e. The number of nitrogens with one attached hydrogen (secondary N) is 2. The van der Waals surface area contributed by atoms with Crippen LogP contribution in [-0.2, 0) is 13.5 Å². The summed E-state index contributed by atoms with van der Waals surface area (Å²) in [5.74, 6) is 6.20. The molecule has 8 heteroatoms. The number of rotatable bonds is 6. The summed E-state index contributed by atoms with van der Waals surface area (Å²) in [5, 5.41) is 14.1. The number of anilines is 2. The van der Waals surface area contributed by atoms with Crippen LogP contribution in [0, 0.1) is 10.1 Å². The Hall–Kier alpha value is -2.61. The van der Waals surface area contributed by atoms with Crippen LogP contribution in [0.5, 0.6) is 0 Å². The molecule has 0 spiro atoms. The van der Waals surface area contributed by atoms with Gasteiger partial charge in [-0.1, -0.05) is 6.07 Å². The molecule has 1 aromatic carbocycles. The lowest BCUT2D eigenvalue weighted by Crippen LogP contribution is -2.13. The standard InChI is InChI=1S/C12H16N6O2/c1-17-8-7-15-11(17)5-6-14-9-3-2-4-10(16-13)12(9)18(19)20/h2-4,7-8,14,16H,5-6,13H2,1H3. The van der Waals surface area contributed by atoms with Crippen molar-refractivity contribution in [3.63, 3.8) is 0 Å². The van der Waals surface area contributed by atoms with Gasteiger partial charge < -0.3 is 15.3 Å². The second-order valence-electron chi connectivity index (χ2n) is 4.23. The third-order valence-electron chi connectivity index (χ3n) is 2.96. The average Bonchev–Trinajstić information content (AvgIpc) is 2.84. The first kappa shape index (κ1) is 13.8. The molecule has 0 aliphatic carbocycles. The molecule has 2 rings (SSSR count). The topological polar surface area (TPSA) is 111 Å². The number of para-hydroxylation sites is 1. The minimum Gasteiger partial charge on any atom is -0.379 e. The molecule has 0 aliphatic heterocycles. The molecule has 106 valence electrons. The molecule has 8 nitrogen and oxygen atoms in total. The number of nitrogens with two attached hydrogens (primary N) is 1. The molecule has 0 bridgehead atoms. The molecular weight excluding hydrogens is 260 g/mol. The summed E-state index contributed by atoms with van der Waals surface area (Å²) < 4.78 is 1.91. The van der Waals surface area contributed by atoms with E-state index in [1.165, 1.54) is 0 Å². The maximum Gasteiger partial charge on any atom is 0.316 e. The van der Waals surface area contributed by atoms with E-state index in [-0.39, 0.29) is 11.4 Å². The van der Waals surface area contributed by atoms with Gasteiger partial charge in [0, 0.05) is 32.4 Å². The zero-order valence-electron chi connectivity index (χ0n) is 11.0. The lowest BCUT2D eigenvalue weighted by Gasteiger charge is -2.09. The smallest absolute Gasteiger partial charge is 0.316 e. The van der Waals surface area contributed by atoms with Crippen LogP contribution >= 0.6 is 0 Å². The molecule has 1 aromatic heterocycles. The minimum atomic E-state index is -0.460. The Kier molecular flexibility index (Phi) is 4.16. The normalized spacial score (nSPS) is 10.3. The number of hydrazine groups is 1. The highest BCUT2D eigenvalue weighted by molar-refractivity contribution is 5.75. The fraction of sp³-hybridized carbons (Fsp3) is 0.250. The number of hydrogen-bond donors (Lipinski definition) is 3. The lowest BCUT2D eigenvalue weighted by atomic mass is 10.2. The average molecular weight is 276 g/mol. The first-order chi connectivity index (χ1) is 9.63. The van der Waals surface area contributed by atoms with Crippen molar-refractivity contribution in [2.24, 2.45) is 12.9 Å². The predicted octanol–water partition coefficient (Wildman–Crippen LogP) is 1.27. The molecule has 20 heavy (non-hydrogen) atoms. The van der Waals surface area contributed by atoms with E-state index >= 15 is 0 Å². The number of nitrogen functional groups attached to an aromatic ring is 1. The van der Waals surface area contributed by atoms with Gasteiger partial charge in [0.1, 0.15) is 17.2 Å².